The van der Waals surface area contributed by atoms with Crippen LogP contribution in [0.5, 0.6) is 0 Å². The molecule has 30 heavy (non-hydrogen) atoms. The van der Waals surface area contributed by atoms with Gasteiger partial charge in [-0.05, 0) is 25.8 Å². The summed E-state index contributed by atoms with van der Waals surface area (Å²) in [6.07, 6.45) is 1.68. The molecule has 3 N–H and O–H groups in total. The van der Waals surface area contributed by atoms with E-state index in [1.807, 2.05) is 38.1 Å². The Labute approximate surface area is 178 Å². The number of nitrogens with one attached hydrogen (secondary N) is 3. The summed E-state index contributed by atoms with van der Waals surface area (Å²) >= 11 is 1.39. The number of anilines is 1. The van der Waals surface area contributed by atoms with E-state index in [2.05, 4.69) is 20.9 Å². The van der Waals surface area contributed by atoms with E-state index < -0.39 is 5.54 Å². The van der Waals surface area contributed by atoms with Crippen LogP contribution in [0.4, 0.5) is 9.80 Å². The molecule has 1 saturated heterocycles. The third kappa shape index (κ3) is 3.54. The Morgan fingerprint density at radius 3 is 2.63 bits per heavy atom. The third-order valence-electron chi connectivity index (χ3n) is 5.62. The highest BCUT2D eigenvalue weighted by molar-refractivity contribution is 7.23. The molecule has 4 rings (SSSR count). The molecular formula is C21H25N5O3S. The van der Waals surface area contributed by atoms with E-state index in [9.17, 15) is 14.4 Å². The van der Waals surface area contributed by atoms with Crippen molar-refractivity contribution in [1.29, 1.82) is 0 Å². The van der Waals surface area contributed by atoms with Gasteiger partial charge in [0.2, 0.25) is 0 Å². The minimum Gasteiger partial charge on any atom is -0.338 e. The predicted molar refractivity (Wildman–Crippen MR) is 118 cm³/mol. The van der Waals surface area contributed by atoms with Crippen LogP contribution in [-0.4, -0.2) is 53.8 Å². The highest BCUT2D eigenvalue weighted by Gasteiger charge is 2.46. The lowest BCUT2D eigenvalue weighted by atomic mass is 9.87. The maximum atomic E-state index is 13.5. The lowest BCUT2D eigenvalue weighted by molar-refractivity contribution is -0.125. The molecule has 3 heterocycles. The van der Waals surface area contributed by atoms with Gasteiger partial charge < -0.3 is 15.5 Å². The van der Waals surface area contributed by atoms with Crippen molar-refractivity contribution in [3.63, 3.8) is 0 Å². The zero-order chi connectivity index (χ0) is 21.3. The van der Waals surface area contributed by atoms with Gasteiger partial charge >= 0.3 is 6.03 Å². The van der Waals surface area contributed by atoms with Crippen molar-refractivity contribution < 1.29 is 14.4 Å². The van der Waals surface area contributed by atoms with Crippen LogP contribution < -0.4 is 16.0 Å². The summed E-state index contributed by atoms with van der Waals surface area (Å²) in [5.41, 5.74) is -0.243. The molecule has 1 aromatic carbocycles. The summed E-state index contributed by atoms with van der Waals surface area (Å²) in [4.78, 5) is 44.4. The number of hydrogen-bond acceptors (Lipinski definition) is 5. The zero-order valence-electron chi connectivity index (χ0n) is 17.1. The van der Waals surface area contributed by atoms with Crippen LogP contribution in [0.1, 0.15) is 43.5 Å². The molecule has 0 atom stereocenters. The van der Waals surface area contributed by atoms with Crippen molar-refractivity contribution in [3.05, 3.63) is 29.8 Å². The highest BCUT2D eigenvalue weighted by Crippen LogP contribution is 2.38. The quantitative estimate of drug-likeness (QED) is 0.699. The first kappa shape index (κ1) is 20.3. The Balaban J connectivity index is 1.59. The molecule has 2 aliphatic rings. The molecule has 1 spiro atoms. The van der Waals surface area contributed by atoms with Crippen molar-refractivity contribution in [2.45, 2.75) is 38.6 Å². The SMILES string of the molecule is CCNC(=O)Nc1sc2ccccc2c1C(=O)N1CCC2(CC1)N=C(CC)NC2=O. The average Bonchev–Trinajstić information content (AvgIpc) is 3.25. The maximum Gasteiger partial charge on any atom is 0.319 e. The Hall–Kier alpha value is -2.94. The Morgan fingerprint density at radius 1 is 1.23 bits per heavy atom. The van der Waals surface area contributed by atoms with E-state index in [1.165, 1.54) is 11.3 Å². The number of benzene rings is 1. The number of nitrogens with zero attached hydrogens (tertiary/aromatic N) is 2. The molecule has 0 aliphatic carbocycles. The highest BCUT2D eigenvalue weighted by atomic mass is 32.1. The summed E-state index contributed by atoms with van der Waals surface area (Å²) in [6, 6.07) is 7.30. The molecule has 2 aliphatic heterocycles. The minimum atomic E-state index is -0.749. The van der Waals surface area contributed by atoms with Crippen molar-refractivity contribution >= 4 is 50.1 Å². The molecule has 1 fully saturated rings. The van der Waals surface area contributed by atoms with E-state index in [4.69, 9.17) is 0 Å². The van der Waals surface area contributed by atoms with Crippen LogP contribution in [0, 0.1) is 0 Å². The van der Waals surface area contributed by atoms with Gasteiger partial charge in [0, 0.05) is 36.1 Å². The molecule has 2 aromatic rings. The second kappa shape index (κ2) is 8.06. The standard InChI is InChI=1S/C21H25N5O3S/c1-3-15-23-19(28)21(25-15)9-11-26(12-10-21)18(27)16-13-7-5-6-8-14(13)30-17(16)24-20(29)22-4-2/h5-8H,3-4,9-12H2,1-2H3,(H2,22,24,29)(H,23,25,28). The van der Waals surface area contributed by atoms with Gasteiger partial charge in [0.1, 0.15) is 16.4 Å². The molecule has 1 aromatic heterocycles. The first-order chi connectivity index (χ1) is 14.5. The number of amidine groups is 1. The molecule has 9 heteroatoms. The summed E-state index contributed by atoms with van der Waals surface area (Å²) in [6.45, 7) is 5.18. The van der Waals surface area contributed by atoms with Crippen LogP contribution >= 0.6 is 11.3 Å². The number of likely N-dealkylation sites (tertiary alicyclic amines) is 1. The van der Waals surface area contributed by atoms with E-state index in [1.54, 1.807) is 4.90 Å². The first-order valence-corrected chi connectivity index (χ1v) is 11.0. The maximum absolute atomic E-state index is 13.5. The fraction of sp³-hybridized carbons (Fsp3) is 0.429. The molecule has 0 bridgehead atoms. The largest absolute Gasteiger partial charge is 0.338 e. The van der Waals surface area contributed by atoms with Crippen LogP contribution in [0.2, 0.25) is 0 Å². The monoisotopic (exact) mass is 427 g/mol. The summed E-state index contributed by atoms with van der Waals surface area (Å²) in [7, 11) is 0. The summed E-state index contributed by atoms with van der Waals surface area (Å²) in [5, 5.41) is 9.75. The van der Waals surface area contributed by atoms with Gasteiger partial charge in [0.25, 0.3) is 11.8 Å². The normalized spacial score (nSPS) is 17.7. The molecule has 158 valence electrons. The van der Waals surface area contributed by atoms with Crippen LogP contribution in [0.25, 0.3) is 10.1 Å². The molecule has 0 radical (unpaired) electrons. The molecule has 4 amide bonds. The molecular weight excluding hydrogens is 402 g/mol. The Morgan fingerprint density at radius 2 is 1.97 bits per heavy atom. The van der Waals surface area contributed by atoms with Crippen LogP contribution in [0.3, 0.4) is 0 Å². The van der Waals surface area contributed by atoms with Gasteiger partial charge in [-0.2, -0.15) is 0 Å². The topological polar surface area (TPSA) is 103 Å². The second-order valence-electron chi connectivity index (χ2n) is 7.48. The molecule has 0 saturated carbocycles. The van der Waals surface area contributed by atoms with Crippen LogP contribution in [0.15, 0.2) is 29.3 Å². The molecule has 0 unspecified atom stereocenters. The van der Waals surface area contributed by atoms with E-state index >= 15 is 0 Å². The van der Waals surface area contributed by atoms with Gasteiger partial charge in [0.15, 0.2) is 0 Å². The van der Waals surface area contributed by atoms with E-state index in [0.29, 0.717) is 49.5 Å². The number of piperidine rings is 1. The van der Waals surface area contributed by atoms with Gasteiger partial charge in [-0.1, -0.05) is 25.1 Å². The lowest BCUT2D eigenvalue weighted by Gasteiger charge is -2.35. The number of urea groups is 1. The number of rotatable bonds is 4. The third-order valence-corrected chi connectivity index (χ3v) is 6.70. The fourth-order valence-corrected chi connectivity index (χ4v) is 5.07. The lowest BCUT2D eigenvalue weighted by Crippen LogP contribution is -2.50. The minimum absolute atomic E-state index is 0.0639. The zero-order valence-corrected chi connectivity index (χ0v) is 17.9. The van der Waals surface area contributed by atoms with Gasteiger partial charge in [-0.15, -0.1) is 11.3 Å². The van der Waals surface area contributed by atoms with E-state index in [0.717, 1.165) is 15.9 Å². The van der Waals surface area contributed by atoms with E-state index in [-0.39, 0.29) is 17.8 Å². The Kier molecular flexibility index (Phi) is 5.46. The van der Waals surface area contributed by atoms with Crippen molar-refractivity contribution in [2.75, 3.05) is 25.0 Å². The fourth-order valence-electron chi connectivity index (χ4n) is 3.98. The number of amides is 4. The van der Waals surface area contributed by atoms with Crippen molar-refractivity contribution in [2.24, 2.45) is 4.99 Å². The van der Waals surface area contributed by atoms with Gasteiger partial charge in [0.05, 0.1) is 5.56 Å². The Bertz CT molecular complexity index is 1040. The number of aliphatic imine (C=N–C) groups is 1. The smallest absolute Gasteiger partial charge is 0.319 e. The summed E-state index contributed by atoms with van der Waals surface area (Å²) in [5.74, 6) is 0.523. The number of fused-ring (bicyclic) bond motifs is 1. The number of hydrogen-bond donors (Lipinski definition) is 3. The van der Waals surface area contributed by atoms with Crippen molar-refractivity contribution in [1.82, 2.24) is 15.5 Å². The van der Waals surface area contributed by atoms with Gasteiger partial charge in [-0.3, -0.25) is 19.9 Å². The number of carbonyl (C=O) groups is 3. The first-order valence-electron chi connectivity index (χ1n) is 10.2. The van der Waals surface area contributed by atoms with Gasteiger partial charge in [-0.25, -0.2) is 4.79 Å². The van der Waals surface area contributed by atoms with Crippen molar-refractivity contribution in [3.8, 4) is 0 Å². The average molecular weight is 428 g/mol. The second-order valence-corrected chi connectivity index (χ2v) is 8.53. The van der Waals surface area contributed by atoms with Crippen LogP contribution in [-0.2, 0) is 4.79 Å². The number of carbonyl (C=O) groups excluding carboxylic acids is 3. The summed E-state index contributed by atoms with van der Waals surface area (Å²) < 4.78 is 0.938. The predicted octanol–water partition coefficient (Wildman–Crippen LogP) is 2.96. The molecule has 8 nitrogen and oxygen atoms in total. The number of thiophene rings is 1.